The number of carbonyl (C=O) groups is 4. The molecule has 0 radical (unpaired) electrons. The van der Waals surface area contributed by atoms with Gasteiger partial charge in [-0.2, -0.15) is 12.6 Å². The highest BCUT2D eigenvalue weighted by molar-refractivity contribution is 7.80. The van der Waals surface area contributed by atoms with E-state index in [1.165, 1.54) is 4.90 Å². The average Bonchev–Trinajstić information content (AvgIpc) is 3.31. The summed E-state index contributed by atoms with van der Waals surface area (Å²) in [6, 6.07) is 5.54. The Morgan fingerprint density at radius 2 is 1.85 bits per heavy atom. The molecule has 0 aliphatic carbocycles. The monoisotopic (exact) mass is 478 g/mol. The summed E-state index contributed by atoms with van der Waals surface area (Å²) in [7, 11) is 0. The molecular formula is C23H34N4O5S. The molecule has 1 fully saturated rings. The van der Waals surface area contributed by atoms with Crippen LogP contribution in [0.2, 0.25) is 0 Å². The van der Waals surface area contributed by atoms with Crippen molar-refractivity contribution in [1.82, 2.24) is 15.5 Å². The molecule has 182 valence electrons. The zero-order valence-electron chi connectivity index (χ0n) is 19.1. The first-order valence-electron chi connectivity index (χ1n) is 11.2. The fraction of sp³-hybridized carbons (Fsp3) is 0.565. The maximum atomic E-state index is 13.4. The molecule has 5 atom stereocenters. The first kappa shape index (κ1) is 26.7. The molecule has 0 spiro atoms. The molecule has 3 amide bonds. The Labute approximate surface area is 199 Å². The fourth-order valence-electron chi connectivity index (χ4n) is 3.84. The molecule has 1 heterocycles. The van der Waals surface area contributed by atoms with Crippen LogP contribution in [0.25, 0.3) is 0 Å². The van der Waals surface area contributed by atoms with E-state index in [4.69, 9.17) is 5.73 Å². The van der Waals surface area contributed by atoms with Gasteiger partial charge in [-0.1, -0.05) is 50.6 Å². The molecule has 1 aromatic carbocycles. The van der Waals surface area contributed by atoms with Gasteiger partial charge in [0.1, 0.15) is 18.1 Å². The van der Waals surface area contributed by atoms with Crippen LogP contribution < -0.4 is 16.4 Å². The first-order chi connectivity index (χ1) is 15.7. The van der Waals surface area contributed by atoms with E-state index in [-0.39, 0.29) is 18.1 Å². The Morgan fingerprint density at radius 3 is 2.42 bits per heavy atom. The van der Waals surface area contributed by atoms with Crippen molar-refractivity contribution < 1.29 is 24.3 Å². The van der Waals surface area contributed by atoms with Crippen molar-refractivity contribution in [3.63, 3.8) is 0 Å². The van der Waals surface area contributed by atoms with E-state index < -0.39 is 47.9 Å². The number of hydrogen-bond acceptors (Lipinski definition) is 6. The summed E-state index contributed by atoms with van der Waals surface area (Å²) < 4.78 is 0. The molecule has 1 aliphatic heterocycles. The highest BCUT2D eigenvalue weighted by Gasteiger charge is 2.39. The van der Waals surface area contributed by atoms with Gasteiger partial charge in [0, 0.05) is 18.7 Å². The number of hydrogen-bond donors (Lipinski definition) is 5. The third-order valence-electron chi connectivity index (χ3n) is 6.04. The standard InChI is InChI=1S/C23H34N4O5S/c1-3-14(2)19(26-20(28)16(24)13-33)21(29)25-17(12-15-8-5-4-6-9-15)22(30)27-11-7-10-18(27)23(31)32/h4-6,8-9,14,16-19,33H,3,7,10-13,24H2,1-2H3,(H,25,29)(H,26,28)(H,31,32). The highest BCUT2D eigenvalue weighted by Crippen LogP contribution is 2.20. The summed E-state index contributed by atoms with van der Waals surface area (Å²) in [5.41, 5.74) is 6.57. The Bertz CT molecular complexity index is 837. The number of amides is 3. The van der Waals surface area contributed by atoms with Crippen molar-refractivity contribution in [3.05, 3.63) is 35.9 Å². The quantitative estimate of drug-likeness (QED) is 0.295. The lowest BCUT2D eigenvalue weighted by Crippen LogP contribution is -2.59. The van der Waals surface area contributed by atoms with Crippen molar-refractivity contribution in [2.75, 3.05) is 12.3 Å². The van der Waals surface area contributed by atoms with Crippen LogP contribution in [0.1, 0.15) is 38.7 Å². The third-order valence-corrected chi connectivity index (χ3v) is 6.44. The summed E-state index contributed by atoms with van der Waals surface area (Å²) in [4.78, 5) is 51.9. The molecule has 10 heteroatoms. The summed E-state index contributed by atoms with van der Waals surface area (Å²) >= 11 is 4.03. The lowest BCUT2D eigenvalue weighted by atomic mass is 9.96. The van der Waals surface area contributed by atoms with E-state index in [9.17, 15) is 24.3 Å². The number of carboxylic acids is 1. The zero-order chi connectivity index (χ0) is 24.5. The van der Waals surface area contributed by atoms with Crippen molar-refractivity contribution in [3.8, 4) is 0 Å². The van der Waals surface area contributed by atoms with Crippen LogP contribution in [0.4, 0.5) is 0 Å². The molecule has 2 rings (SSSR count). The predicted octanol–water partition coefficient (Wildman–Crippen LogP) is 0.578. The highest BCUT2D eigenvalue weighted by atomic mass is 32.1. The van der Waals surface area contributed by atoms with E-state index >= 15 is 0 Å². The average molecular weight is 479 g/mol. The van der Waals surface area contributed by atoms with Crippen LogP contribution in [0, 0.1) is 5.92 Å². The second-order valence-corrected chi connectivity index (χ2v) is 8.80. The number of nitrogens with zero attached hydrogens (tertiary/aromatic N) is 1. The topological polar surface area (TPSA) is 142 Å². The minimum absolute atomic E-state index is 0.126. The van der Waals surface area contributed by atoms with E-state index in [1.54, 1.807) is 0 Å². The summed E-state index contributed by atoms with van der Waals surface area (Å²) in [5.74, 6) is -2.60. The van der Waals surface area contributed by atoms with Gasteiger partial charge >= 0.3 is 5.97 Å². The number of nitrogens with one attached hydrogen (secondary N) is 2. The molecule has 5 unspecified atom stereocenters. The van der Waals surface area contributed by atoms with Crippen LogP contribution in [-0.4, -0.2) is 70.2 Å². The number of carbonyl (C=O) groups excluding carboxylic acids is 3. The Balaban J connectivity index is 2.27. The molecule has 33 heavy (non-hydrogen) atoms. The Morgan fingerprint density at radius 1 is 1.18 bits per heavy atom. The Kier molecular flexibility index (Phi) is 10.2. The molecule has 0 saturated carbocycles. The van der Waals surface area contributed by atoms with Gasteiger partial charge in [0.2, 0.25) is 17.7 Å². The maximum absolute atomic E-state index is 13.4. The molecule has 0 aromatic heterocycles. The first-order valence-corrected chi connectivity index (χ1v) is 11.9. The molecule has 5 N–H and O–H groups in total. The van der Waals surface area contributed by atoms with Gasteiger partial charge in [-0.15, -0.1) is 0 Å². The predicted molar refractivity (Wildman–Crippen MR) is 128 cm³/mol. The van der Waals surface area contributed by atoms with Gasteiger partial charge in [0.25, 0.3) is 0 Å². The third kappa shape index (κ3) is 7.20. The van der Waals surface area contributed by atoms with Crippen molar-refractivity contribution in [2.24, 2.45) is 11.7 Å². The molecule has 1 saturated heterocycles. The van der Waals surface area contributed by atoms with Crippen molar-refractivity contribution >= 4 is 36.3 Å². The number of rotatable bonds is 11. The minimum atomic E-state index is -1.06. The second-order valence-electron chi connectivity index (χ2n) is 8.44. The summed E-state index contributed by atoms with van der Waals surface area (Å²) in [5, 5.41) is 15.0. The SMILES string of the molecule is CCC(C)C(NC(=O)C(N)CS)C(=O)NC(Cc1ccccc1)C(=O)N1CCCC1C(=O)O. The van der Waals surface area contributed by atoms with Crippen LogP contribution in [0.3, 0.4) is 0 Å². The summed E-state index contributed by atoms with van der Waals surface area (Å²) in [6.45, 7) is 4.04. The van der Waals surface area contributed by atoms with Gasteiger partial charge in [0.15, 0.2) is 0 Å². The van der Waals surface area contributed by atoms with Gasteiger partial charge in [-0.25, -0.2) is 4.79 Å². The Hall–Kier alpha value is -2.59. The van der Waals surface area contributed by atoms with E-state index in [0.717, 1.165) is 5.56 Å². The lowest BCUT2D eigenvalue weighted by molar-refractivity contribution is -0.149. The van der Waals surface area contributed by atoms with Gasteiger partial charge in [-0.3, -0.25) is 14.4 Å². The van der Waals surface area contributed by atoms with E-state index in [2.05, 4.69) is 23.3 Å². The molecule has 0 bridgehead atoms. The molecule has 1 aliphatic rings. The number of benzene rings is 1. The van der Waals surface area contributed by atoms with Gasteiger partial charge < -0.3 is 26.4 Å². The number of aliphatic carboxylic acids is 1. The molecule has 1 aromatic rings. The zero-order valence-corrected chi connectivity index (χ0v) is 20.0. The molecular weight excluding hydrogens is 444 g/mol. The van der Waals surface area contributed by atoms with Crippen LogP contribution >= 0.6 is 12.6 Å². The van der Waals surface area contributed by atoms with Crippen LogP contribution in [0.5, 0.6) is 0 Å². The number of carboxylic acid groups (broad SMARTS) is 1. The lowest BCUT2D eigenvalue weighted by Gasteiger charge is -2.30. The van der Waals surface area contributed by atoms with Crippen molar-refractivity contribution in [2.45, 2.75) is 63.7 Å². The summed E-state index contributed by atoms with van der Waals surface area (Å²) in [6.07, 6.45) is 1.77. The van der Waals surface area contributed by atoms with Crippen molar-refractivity contribution in [1.29, 1.82) is 0 Å². The molecule has 9 nitrogen and oxygen atoms in total. The normalized spacial score (nSPS) is 19.3. The number of likely N-dealkylation sites (tertiary alicyclic amines) is 1. The minimum Gasteiger partial charge on any atom is -0.480 e. The number of thiol groups is 1. The van der Waals surface area contributed by atoms with E-state index in [1.807, 2.05) is 44.2 Å². The largest absolute Gasteiger partial charge is 0.480 e. The van der Waals surface area contributed by atoms with Crippen LogP contribution in [0.15, 0.2) is 30.3 Å². The number of nitrogens with two attached hydrogens (primary N) is 1. The van der Waals surface area contributed by atoms with Crippen LogP contribution in [-0.2, 0) is 25.6 Å². The fourth-order valence-corrected chi connectivity index (χ4v) is 4.01. The maximum Gasteiger partial charge on any atom is 0.326 e. The van der Waals surface area contributed by atoms with Gasteiger partial charge in [-0.05, 0) is 24.3 Å². The van der Waals surface area contributed by atoms with E-state index in [0.29, 0.717) is 25.8 Å². The smallest absolute Gasteiger partial charge is 0.326 e. The second kappa shape index (κ2) is 12.6. The van der Waals surface area contributed by atoms with Gasteiger partial charge in [0.05, 0.1) is 6.04 Å².